The number of carbonyl (C=O) groups excluding carboxylic acids is 1. The molecule has 0 radical (unpaired) electrons. The zero-order valence-corrected chi connectivity index (χ0v) is 17.1. The number of rotatable bonds is 3. The summed E-state index contributed by atoms with van der Waals surface area (Å²) in [6, 6.07) is 0. The molecule has 3 rings (SSSR count). The topological polar surface area (TPSA) is 80.9 Å². The smallest absolute Gasteiger partial charge is 0.233 e. The van der Waals surface area contributed by atoms with Crippen LogP contribution in [0.15, 0.2) is 5.16 Å². The van der Waals surface area contributed by atoms with Gasteiger partial charge in [0.2, 0.25) is 5.91 Å². The van der Waals surface area contributed by atoms with Crippen LogP contribution in [0.3, 0.4) is 0 Å². The Morgan fingerprint density at radius 3 is 2.80 bits per heavy atom. The predicted octanol–water partition coefficient (Wildman–Crippen LogP) is 3.79. The fourth-order valence-electron chi connectivity index (χ4n) is 3.09. The molecule has 5 nitrogen and oxygen atoms in total. The molecule has 0 bridgehead atoms. The van der Waals surface area contributed by atoms with Crippen LogP contribution in [-0.4, -0.2) is 26.7 Å². The molecule has 136 valence electrons. The van der Waals surface area contributed by atoms with Crippen LogP contribution in [0.1, 0.15) is 51.5 Å². The summed E-state index contributed by atoms with van der Waals surface area (Å²) >= 11 is 3.09. The zero-order chi connectivity index (χ0) is 18.4. The van der Waals surface area contributed by atoms with Crippen molar-refractivity contribution in [3.8, 4) is 0 Å². The molecule has 3 N–H and O–H groups in total. The van der Waals surface area contributed by atoms with Gasteiger partial charge < -0.3 is 11.1 Å². The van der Waals surface area contributed by atoms with E-state index in [1.165, 1.54) is 28.6 Å². The molecule has 1 aliphatic rings. The van der Waals surface area contributed by atoms with Gasteiger partial charge >= 0.3 is 0 Å². The number of thiophene rings is 1. The highest BCUT2D eigenvalue weighted by Gasteiger charge is 2.25. The Morgan fingerprint density at radius 1 is 1.40 bits per heavy atom. The van der Waals surface area contributed by atoms with Gasteiger partial charge in [0, 0.05) is 10.4 Å². The van der Waals surface area contributed by atoms with Gasteiger partial charge in [0.15, 0.2) is 5.16 Å². The zero-order valence-electron chi connectivity index (χ0n) is 15.5. The van der Waals surface area contributed by atoms with Crippen molar-refractivity contribution in [2.24, 2.45) is 5.92 Å². The van der Waals surface area contributed by atoms with Crippen molar-refractivity contribution in [1.29, 1.82) is 0 Å². The molecular weight excluding hydrogens is 352 g/mol. The van der Waals surface area contributed by atoms with E-state index in [4.69, 9.17) is 10.7 Å². The van der Waals surface area contributed by atoms with E-state index in [2.05, 4.69) is 17.2 Å². The van der Waals surface area contributed by atoms with Gasteiger partial charge in [0.25, 0.3) is 0 Å². The van der Waals surface area contributed by atoms with Crippen molar-refractivity contribution in [2.45, 2.75) is 69.8 Å². The monoisotopic (exact) mass is 378 g/mol. The molecular formula is C18H26N4OS2. The van der Waals surface area contributed by atoms with Gasteiger partial charge in [0.05, 0.1) is 10.6 Å². The van der Waals surface area contributed by atoms with Crippen LogP contribution in [-0.2, 0) is 17.6 Å². The predicted molar refractivity (Wildman–Crippen MR) is 106 cm³/mol. The first-order valence-electron chi connectivity index (χ1n) is 8.70. The third kappa shape index (κ3) is 4.08. The van der Waals surface area contributed by atoms with Gasteiger partial charge in [-0.05, 0) is 58.4 Å². The summed E-state index contributed by atoms with van der Waals surface area (Å²) in [5.41, 5.74) is 7.34. The van der Waals surface area contributed by atoms with Crippen molar-refractivity contribution in [3.63, 3.8) is 0 Å². The lowest BCUT2D eigenvalue weighted by Gasteiger charge is -2.22. The molecule has 25 heavy (non-hydrogen) atoms. The quantitative estimate of drug-likeness (QED) is 0.627. The Bertz CT molecular complexity index is 809. The van der Waals surface area contributed by atoms with E-state index in [9.17, 15) is 4.79 Å². The number of aromatic nitrogens is 2. The number of nitrogens with one attached hydrogen (secondary N) is 1. The SMILES string of the molecule is CC1CCc2c(sc3nc(SC(C)C(=O)NC(C)(C)C)nc(N)c23)C1. The van der Waals surface area contributed by atoms with Crippen LogP contribution >= 0.6 is 23.1 Å². The summed E-state index contributed by atoms with van der Waals surface area (Å²) in [5.74, 6) is 1.24. The Kier molecular flexibility index (Phi) is 4.99. The Hall–Kier alpha value is -1.34. The van der Waals surface area contributed by atoms with Crippen LogP contribution in [0.2, 0.25) is 0 Å². The number of hydrogen-bond acceptors (Lipinski definition) is 6. The third-order valence-electron chi connectivity index (χ3n) is 4.31. The first-order chi connectivity index (χ1) is 11.6. The lowest BCUT2D eigenvalue weighted by molar-refractivity contribution is -0.121. The van der Waals surface area contributed by atoms with Crippen LogP contribution < -0.4 is 11.1 Å². The van der Waals surface area contributed by atoms with E-state index in [-0.39, 0.29) is 16.7 Å². The lowest BCUT2D eigenvalue weighted by atomic mass is 9.89. The Balaban J connectivity index is 1.85. The second kappa shape index (κ2) is 6.76. The number of carbonyl (C=O) groups is 1. The van der Waals surface area contributed by atoms with Crippen molar-refractivity contribution in [2.75, 3.05) is 5.73 Å². The number of aryl methyl sites for hydroxylation is 1. The van der Waals surface area contributed by atoms with E-state index in [1.54, 1.807) is 11.3 Å². The van der Waals surface area contributed by atoms with Crippen molar-refractivity contribution in [1.82, 2.24) is 15.3 Å². The van der Waals surface area contributed by atoms with E-state index in [0.717, 1.165) is 23.1 Å². The number of nitrogen functional groups attached to an aromatic ring is 1. The van der Waals surface area contributed by atoms with E-state index < -0.39 is 0 Å². The normalized spacial score (nSPS) is 18.8. The maximum absolute atomic E-state index is 12.3. The van der Waals surface area contributed by atoms with Crippen LogP contribution in [0.25, 0.3) is 10.2 Å². The maximum atomic E-state index is 12.3. The summed E-state index contributed by atoms with van der Waals surface area (Å²) in [7, 11) is 0. The molecule has 2 unspecified atom stereocenters. The third-order valence-corrected chi connectivity index (χ3v) is 6.42. The van der Waals surface area contributed by atoms with Crippen LogP contribution in [0, 0.1) is 5.92 Å². The fraction of sp³-hybridized carbons (Fsp3) is 0.611. The highest BCUT2D eigenvalue weighted by atomic mass is 32.2. The molecule has 7 heteroatoms. The number of hydrogen-bond donors (Lipinski definition) is 2. The van der Waals surface area contributed by atoms with Gasteiger partial charge in [-0.2, -0.15) is 0 Å². The average molecular weight is 379 g/mol. The van der Waals surface area contributed by atoms with E-state index in [1.807, 2.05) is 27.7 Å². The molecule has 0 aromatic carbocycles. The molecule has 2 aromatic rings. The minimum atomic E-state index is -0.273. The summed E-state index contributed by atoms with van der Waals surface area (Å²) in [4.78, 5) is 23.8. The minimum absolute atomic E-state index is 0.0148. The molecule has 2 atom stereocenters. The van der Waals surface area contributed by atoms with Gasteiger partial charge in [-0.1, -0.05) is 18.7 Å². The fourth-order valence-corrected chi connectivity index (χ4v) is 5.31. The standard InChI is InChI=1S/C18H26N4OS2/c1-9-6-7-11-12(8-9)25-16-13(11)14(19)20-17(21-16)24-10(2)15(23)22-18(3,4)5/h9-10H,6-8H2,1-5H3,(H,22,23)(H2,19,20,21). The number of thioether (sulfide) groups is 1. The number of amides is 1. The number of nitrogens with two attached hydrogens (primary N) is 1. The Labute approximate surface area is 157 Å². The molecule has 2 aromatic heterocycles. The molecule has 0 fully saturated rings. The maximum Gasteiger partial charge on any atom is 0.233 e. The first-order valence-corrected chi connectivity index (χ1v) is 10.4. The Morgan fingerprint density at radius 2 is 2.12 bits per heavy atom. The van der Waals surface area contributed by atoms with Crippen molar-refractivity contribution in [3.05, 3.63) is 10.4 Å². The van der Waals surface area contributed by atoms with Gasteiger partial charge in [-0.3, -0.25) is 4.79 Å². The summed E-state index contributed by atoms with van der Waals surface area (Å²) in [5, 5.41) is 4.33. The molecule has 1 aliphatic carbocycles. The molecule has 1 amide bonds. The highest BCUT2D eigenvalue weighted by Crippen LogP contribution is 2.40. The second-order valence-electron chi connectivity index (χ2n) is 7.92. The minimum Gasteiger partial charge on any atom is -0.383 e. The molecule has 0 saturated heterocycles. The van der Waals surface area contributed by atoms with Crippen LogP contribution in [0.4, 0.5) is 5.82 Å². The highest BCUT2D eigenvalue weighted by molar-refractivity contribution is 8.00. The average Bonchev–Trinajstić information content (AvgIpc) is 2.82. The van der Waals surface area contributed by atoms with Crippen molar-refractivity contribution >= 4 is 45.0 Å². The molecule has 2 heterocycles. The van der Waals surface area contributed by atoms with Crippen molar-refractivity contribution < 1.29 is 4.79 Å². The number of fused-ring (bicyclic) bond motifs is 3. The number of anilines is 1. The second-order valence-corrected chi connectivity index (χ2v) is 10.3. The largest absolute Gasteiger partial charge is 0.383 e. The van der Waals surface area contributed by atoms with Crippen LogP contribution in [0.5, 0.6) is 0 Å². The van der Waals surface area contributed by atoms with Gasteiger partial charge in [0.1, 0.15) is 10.6 Å². The molecule has 0 spiro atoms. The van der Waals surface area contributed by atoms with E-state index >= 15 is 0 Å². The summed E-state index contributed by atoms with van der Waals surface area (Å²) in [6.45, 7) is 10.1. The van der Waals surface area contributed by atoms with Gasteiger partial charge in [-0.15, -0.1) is 11.3 Å². The molecule has 0 saturated carbocycles. The van der Waals surface area contributed by atoms with E-state index in [0.29, 0.717) is 16.9 Å². The first kappa shape index (κ1) is 18.5. The summed E-state index contributed by atoms with van der Waals surface area (Å²) < 4.78 is 0. The number of nitrogens with zero attached hydrogens (tertiary/aromatic N) is 2. The van der Waals surface area contributed by atoms with Gasteiger partial charge in [-0.25, -0.2) is 9.97 Å². The summed E-state index contributed by atoms with van der Waals surface area (Å²) in [6.07, 6.45) is 3.35. The molecule has 0 aliphatic heterocycles. The lowest BCUT2D eigenvalue weighted by Crippen LogP contribution is -2.44.